The van der Waals surface area contributed by atoms with Gasteiger partial charge in [-0.15, -0.1) is 11.3 Å². The molecule has 1 heterocycles. The van der Waals surface area contributed by atoms with Crippen molar-refractivity contribution < 1.29 is 9.13 Å². The van der Waals surface area contributed by atoms with Crippen molar-refractivity contribution in [3.05, 3.63) is 50.2 Å². The van der Waals surface area contributed by atoms with Crippen LogP contribution in [-0.4, -0.2) is 18.6 Å². The standard InChI is InChI=1S/C15H18ClFN2OS/c1-3-18-8-14-13(9-20-2)19-15(21-14)7-10-11(16)5-4-6-12(10)17/h4-6,18H,3,7-9H2,1-2H3. The summed E-state index contributed by atoms with van der Waals surface area (Å²) in [5.41, 5.74) is 1.40. The highest BCUT2D eigenvalue weighted by atomic mass is 35.5. The van der Waals surface area contributed by atoms with E-state index < -0.39 is 0 Å². The van der Waals surface area contributed by atoms with Gasteiger partial charge in [0.1, 0.15) is 5.82 Å². The van der Waals surface area contributed by atoms with Gasteiger partial charge in [0.05, 0.1) is 17.3 Å². The zero-order chi connectivity index (χ0) is 15.2. The lowest BCUT2D eigenvalue weighted by Crippen LogP contribution is -2.12. The van der Waals surface area contributed by atoms with Crippen molar-refractivity contribution in [3.8, 4) is 0 Å². The minimum absolute atomic E-state index is 0.292. The molecule has 6 heteroatoms. The summed E-state index contributed by atoms with van der Waals surface area (Å²) < 4.78 is 19.0. The van der Waals surface area contributed by atoms with Gasteiger partial charge in [-0.05, 0) is 18.7 Å². The van der Waals surface area contributed by atoms with Gasteiger partial charge in [0.2, 0.25) is 0 Å². The van der Waals surface area contributed by atoms with Crippen LogP contribution in [0.2, 0.25) is 5.02 Å². The van der Waals surface area contributed by atoms with E-state index in [0.717, 1.165) is 28.7 Å². The maximum absolute atomic E-state index is 13.8. The first-order valence-corrected chi connectivity index (χ1v) is 7.95. The Kier molecular flexibility index (Phi) is 6.11. The molecule has 0 amide bonds. The van der Waals surface area contributed by atoms with E-state index >= 15 is 0 Å². The maximum Gasteiger partial charge on any atom is 0.128 e. The SMILES string of the molecule is CCNCc1sc(Cc2c(F)cccc2Cl)nc1COC. The molecule has 3 nitrogen and oxygen atoms in total. The van der Waals surface area contributed by atoms with E-state index in [2.05, 4.69) is 17.2 Å². The summed E-state index contributed by atoms with van der Waals surface area (Å²) in [6.45, 7) is 4.15. The fourth-order valence-electron chi connectivity index (χ4n) is 1.99. The van der Waals surface area contributed by atoms with Gasteiger partial charge in [-0.2, -0.15) is 0 Å². The van der Waals surface area contributed by atoms with Gasteiger partial charge in [-0.25, -0.2) is 9.37 Å². The molecule has 0 radical (unpaired) electrons. The summed E-state index contributed by atoms with van der Waals surface area (Å²) in [5.74, 6) is -0.292. The molecule has 2 rings (SSSR count). The quantitative estimate of drug-likeness (QED) is 0.840. The number of nitrogens with zero attached hydrogens (tertiary/aromatic N) is 1. The highest BCUT2D eigenvalue weighted by molar-refractivity contribution is 7.11. The highest BCUT2D eigenvalue weighted by Crippen LogP contribution is 2.26. The third-order valence-electron chi connectivity index (χ3n) is 3.03. The smallest absolute Gasteiger partial charge is 0.128 e. The lowest BCUT2D eigenvalue weighted by molar-refractivity contribution is 0.181. The molecule has 1 N–H and O–H groups in total. The molecule has 0 saturated heterocycles. The van der Waals surface area contributed by atoms with E-state index in [4.69, 9.17) is 16.3 Å². The topological polar surface area (TPSA) is 34.2 Å². The van der Waals surface area contributed by atoms with Gasteiger partial charge >= 0.3 is 0 Å². The number of nitrogens with one attached hydrogen (secondary N) is 1. The van der Waals surface area contributed by atoms with Crippen molar-refractivity contribution in [2.24, 2.45) is 0 Å². The van der Waals surface area contributed by atoms with Gasteiger partial charge in [0.25, 0.3) is 0 Å². The molecule has 0 saturated carbocycles. The van der Waals surface area contributed by atoms with Crippen LogP contribution in [0.4, 0.5) is 4.39 Å². The van der Waals surface area contributed by atoms with Gasteiger partial charge in [-0.3, -0.25) is 0 Å². The molecule has 0 bridgehead atoms. The third-order valence-corrected chi connectivity index (χ3v) is 4.48. The summed E-state index contributed by atoms with van der Waals surface area (Å²) in [4.78, 5) is 5.68. The zero-order valence-electron chi connectivity index (χ0n) is 12.1. The second-order valence-corrected chi connectivity index (χ2v) is 6.14. The Hall–Kier alpha value is -1.01. The predicted octanol–water partition coefficient (Wildman–Crippen LogP) is 3.78. The second-order valence-electron chi connectivity index (χ2n) is 4.57. The number of benzene rings is 1. The first-order valence-electron chi connectivity index (χ1n) is 6.75. The molecule has 1 aromatic carbocycles. The summed E-state index contributed by atoms with van der Waals surface area (Å²) in [7, 11) is 1.64. The largest absolute Gasteiger partial charge is 0.378 e. The lowest BCUT2D eigenvalue weighted by Gasteiger charge is -2.03. The average molecular weight is 329 g/mol. The first-order chi connectivity index (χ1) is 10.2. The van der Waals surface area contributed by atoms with Crippen LogP contribution in [0.15, 0.2) is 18.2 Å². The van der Waals surface area contributed by atoms with Gasteiger partial charge in [-0.1, -0.05) is 24.6 Å². The summed E-state index contributed by atoms with van der Waals surface area (Å²) >= 11 is 7.64. The summed E-state index contributed by atoms with van der Waals surface area (Å²) in [6, 6.07) is 4.73. The van der Waals surface area contributed by atoms with Crippen LogP contribution in [-0.2, 0) is 24.3 Å². The molecule has 114 valence electrons. The van der Waals surface area contributed by atoms with Gasteiger partial charge < -0.3 is 10.1 Å². The van der Waals surface area contributed by atoms with Crippen molar-refractivity contribution in [3.63, 3.8) is 0 Å². The number of rotatable bonds is 7. The van der Waals surface area contributed by atoms with E-state index in [1.807, 2.05) is 0 Å². The molecule has 0 spiro atoms. The summed E-state index contributed by atoms with van der Waals surface area (Å²) in [6.07, 6.45) is 0.402. The lowest BCUT2D eigenvalue weighted by atomic mass is 10.1. The van der Waals surface area contributed by atoms with Crippen LogP contribution in [0, 0.1) is 5.82 Å². The summed E-state index contributed by atoms with van der Waals surface area (Å²) in [5, 5.41) is 4.56. The molecule has 0 aliphatic heterocycles. The molecule has 1 aromatic heterocycles. The Bertz CT molecular complexity index is 583. The van der Waals surface area contributed by atoms with Crippen molar-refractivity contribution >= 4 is 22.9 Å². The van der Waals surface area contributed by atoms with Gasteiger partial charge in [0, 0.05) is 35.5 Å². The molecule has 21 heavy (non-hydrogen) atoms. The predicted molar refractivity (Wildman–Crippen MR) is 84.4 cm³/mol. The Balaban J connectivity index is 2.23. The number of methoxy groups -OCH3 is 1. The van der Waals surface area contributed by atoms with Crippen LogP contribution in [0.3, 0.4) is 0 Å². The van der Waals surface area contributed by atoms with Crippen molar-refractivity contribution in [1.82, 2.24) is 10.3 Å². The van der Waals surface area contributed by atoms with Crippen molar-refractivity contribution in [1.29, 1.82) is 0 Å². The van der Waals surface area contributed by atoms with Crippen LogP contribution in [0.5, 0.6) is 0 Å². The van der Waals surface area contributed by atoms with E-state index in [-0.39, 0.29) is 5.82 Å². The van der Waals surface area contributed by atoms with E-state index in [9.17, 15) is 4.39 Å². The molecule has 0 fully saturated rings. The Morgan fingerprint density at radius 3 is 2.90 bits per heavy atom. The third kappa shape index (κ3) is 4.23. The Labute approximate surface area is 133 Å². The Morgan fingerprint density at radius 2 is 2.24 bits per heavy atom. The molecular formula is C15H18ClFN2OS. The second kappa shape index (κ2) is 7.84. The zero-order valence-corrected chi connectivity index (χ0v) is 13.7. The number of ether oxygens (including phenoxy) is 1. The van der Waals surface area contributed by atoms with Crippen LogP contribution < -0.4 is 5.32 Å². The molecule has 0 atom stereocenters. The fourth-order valence-corrected chi connectivity index (χ4v) is 3.27. The van der Waals surface area contributed by atoms with Crippen molar-refractivity contribution in [2.45, 2.75) is 26.5 Å². The average Bonchev–Trinajstić information content (AvgIpc) is 2.83. The van der Waals surface area contributed by atoms with Crippen LogP contribution >= 0.6 is 22.9 Å². The highest BCUT2D eigenvalue weighted by Gasteiger charge is 2.14. The first kappa shape index (κ1) is 16.4. The van der Waals surface area contributed by atoms with E-state index in [1.165, 1.54) is 6.07 Å². The maximum atomic E-state index is 13.8. The minimum atomic E-state index is -0.292. The van der Waals surface area contributed by atoms with Crippen LogP contribution in [0.1, 0.15) is 28.1 Å². The fraction of sp³-hybridized carbons (Fsp3) is 0.400. The number of aromatic nitrogens is 1. The molecular weight excluding hydrogens is 311 g/mol. The number of thiazole rings is 1. The van der Waals surface area contributed by atoms with E-state index in [1.54, 1.807) is 30.6 Å². The van der Waals surface area contributed by atoms with Crippen LogP contribution in [0.25, 0.3) is 0 Å². The van der Waals surface area contributed by atoms with Gasteiger partial charge in [0.15, 0.2) is 0 Å². The normalized spacial score (nSPS) is 11.0. The number of hydrogen-bond acceptors (Lipinski definition) is 4. The molecule has 0 unspecified atom stereocenters. The number of hydrogen-bond donors (Lipinski definition) is 1. The minimum Gasteiger partial charge on any atom is -0.378 e. The molecule has 2 aromatic rings. The van der Waals surface area contributed by atoms with E-state index in [0.29, 0.717) is 23.6 Å². The Morgan fingerprint density at radius 1 is 1.43 bits per heavy atom. The molecule has 0 aliphatic carbocycles. The number of halogens is 2. The molecule has 0 aliphatic rings. The monoisotopic (exact) mass is 328 g/mol. The van der Waals surface area contributed by atoms with Crippen molar-refractivity contribution in [2.75, 3.05) is 13.7 Å².